The second-order valence-electron chi connectivity index (χ2n) is 5.97. The summed E-state index contributed by atoms with van der Waals surface area (Å²) in [7, 11) is -3.34. The van der Waals surface area contributed by atoms with Gasteiger partial charge in [0.05, 0.1) is 0 Å². The maximum Gasteiger partial charge on any atom is 0.279 e. The molecule has 3 atom stereocenters. The van der Waals surface area contributed by atoms with Gasteiger partial charge in [0.2, 0.25) is 0 Å². The fourth-order valence-corrected chi connectivity index (χ4v) is 4.17. The molecule has 20 heavy (non-hydrogen) atoms. The lowest BCUT2D eigenvalue weighted by molar-refractivity contribution is 0.256. The Morgan fingerprint density at radius 2 is 2.00 bits per heavy atom. The van der Waals surface area contributed by atoms with Gasteiger partial charge in [0.15, 0.2) is 0 Å². The van der Waals surface area contributed by atoms with Crippen LogP contribution in [0.3, 0.4) is 0 Å². The molecule has 0 radical (unpaired) electrons. The first-order valence-corrected chi connectivity index (χ1v) is 9.32. The molecule has 3 unspecified atom stereocenters. The minimum Gasteiger partial charge on any atom is -0.317 e. The molecular formula is C14H31N3O2S. The predicted molar refractivity (Wildman–Crippen MR) is 83.8 cm³/mol. The largest absolute Gasteiger partial charge is 0.317 e. The highest BCUT2D eigenvalue weighted by molar-refractivity contribution is 7.87. The van der Waals surface area contributed by atoms with Crippen molar-refractivity contribution in [2.45, 2.75) is 53.0 Å². The fourth-order valence-electron chi connectivity index (χ4n) is 2.54. The third-order valence-electron chi connectivity index (χ3n) is 4.34. The lowest BCUT2D eigenvalue weighted by atomic mass is 10.00. The molecule has 0 aliphatic carbocycles. The first-order chi connectivity index (χ1) is 9.40. The van der Waals surface area contributed by atoms with Crippen molar-refractivity contribution in [3.8, 4) is 0 Å². The molecule has 1 rings (SSSR count). The van der Waals surface area contributed by atoms with E-state index in [1.165, 1.54) is 0 Å². The minimum atomic E-state index is -3.34. The van der Waals surface area contributed by atoms with Crippen molar-refractivity contribution in [2.24, 2.45) is 11.8 Å². The van der Waals surface area contributed by atoms with Crippen molar-refractivity contribution in [3.05, 3.63) is 0 Å². The zero-order chi connectivity index (χ0) is 15.2. The van der Waals surface area contributed by atoms with E-state index in [9.17, 15) is 8.42 Å². The first-order valence-electron chi connectivity index (χ1n) is 7.88. The molecule has 0 aromatic rings. The number of hydrogen-bond acceptors (Lipinski definition) is 3. The van der Waals surface area contributed by atoms with Gasteiger partial charge in [-0.2, -0.15) is 17.4 Å². The van der Waals surface area contributed by atoms with Crippen LogP contribution in [0.25, 0.3) is 0 Å². The fraction of sp³-hybridized carbons (Fsp3) is 1.00. The molecule has 6 heteroatoms. The molecule has 1 heterocycles. The smallest absolute Gasteiger partial charge is 0.279 e. The van der Waals surface area contributed by atoms with Crippen LogP contribution in [0, 0.1) is 11.8 Å². The van der Waals surface area contributed by atoms with Crippen LogP contribution in [0.4, 0.5) is 0 Å². The Bertz CT molecular complexity index is 373. The number of hydrogen-bond donors (Lipinski definition) is 2. The van der Waals surface area contributed by atoms with Crippen molar-refractivity contribution >= 4 is 10.2 Å². The average molecular weight is 305 g/mol. The van der Waals surface area contributed by atoms with Crippen LogP contribution in [0.2, 0.25) is 0 Å². The quantitative estimate of drug-likeness (QED) is 0.716. The second-order valence-corrected chi connectivity index (χ2v) is 7.67. The van der Waals surface area contributed by atoms with Gasteiger partial charge in [-0.15, -0.1) is 0 Å². The Kier molecular flexibility index (Phi) is 7.43. The summed E-state index contributed by atoms with van der Waals surface area (Å²) in [6.07, 6.45) is 3.04. The Labute approximate surface area is 124 Å². The lowest BCUT2D eigenvalue weighted by Gasteiger charge is -2.33. The van der Waals surface area contributed by atoms with Gasteiger partial charge < -0.3 is 5.32 Å². The van der Waals surface area contributed by atoms with Crippen LogP contribution in [0.1, 0.15) is 47.0 Å². The van der Waals surface area contributed by atoms with Gasteiger partial charge in [0.25, 0.3) is 10.2 Å². The maximum atomic E-state index is 12.4. The molecule has 1 fully saturated rings. The van der Waals surface area contributed by atoms with Crippen molar-refractivity contribution in [1.29, 1.82) is 0 Å². The third kappa shape index (κ3) is 5.31. The van der Waals surface area contributed by atoms with Gasteiger partial charge in [0.1, 0.15) is 0 Å². The van der Waals surface area contributed by atoms with E-state index in [2.05, 4.69) is 30.8 Å². The third-order valence-corrected chi connectivity index (χ3v) is 6.02. The standard InChI is InChI=1S/C14H31N3O2S/c1-5-12(3)13(4)16-20(18,19)17-9-7-8-14(11-17)10-15-6-2/h12-16H,5-11H2,1-4H3. The number of nitrogens with one attached hydrogen (secondary N) is 2. The summed E-state index contributed by atoms with van der Waals surface area (Å²) in [5.41, 5.74) is 0. The molecule has 2 N–H and O–H groups in total. The lowest BCUT2D eigenvalue weighted by Crippen LogP contribution is -2.50. The summed E-state index contributed by atoms with van der Waals surface area (Å²) in [6.45, 7) is 11.3. The molecule has 0 amide bonds. The molecular weight excluding hydrogens is 274 g/mol. The number of piperidine rings is 1. The van der Waals surface area contributed by atoms with Gasteiger partial charge in [-0.25, -0.2) is 0 Å². The van der Waals surface area contributed by atoms with Crippen LogP contribution in [0.15, 0.2) is 0 Å². The van der Waals surface area contributed by atoms with Gasteiger partial charge in [0, 0.05) is 19.1 Å². The molecule has 5 nitrogen and oxygen atoms in total. The number of nitrogens with zero attached hydrogens (tertiary/aromatic N) is 1. The summed E-state index contributed by atoms with van der Waals surface area (Å²) in [4.78, 5) is 0. The first kappa shape index (κ1) is 17.9. The van der Waals surface area contributed by atoms with Crippen LogP contribution in [-0.2, 0) is 10.2 Å². The zero-order valence-corrected chi connectivity index (χ0v) is 14.2. The van der Waals surface area contributed by atoms with E-state index < -0.39 is 10.2 Å². The van der Waals surface area contributed by atoms with Crippen LogP contribution < -0.4 is 10.0 Å². The highest BCUT2D eigenvalue weighted by atomic mass is 32.2. The van der Waals surface area contributed by atoms with Gasteiger partial charge >= 0.3 is 0 Å². The van der Waals surface area contributed by atoms with E-state index in [0.717, 1.165) is 32.4 Å². The monoisotopic (exact) mass is 305 g/mol. The Balaban J connectivity index is 2.58. The van der Waals surface area contributed by atoms with Crippen LogP contribution in [-0.4, -0.2) is 44.9 Å². The summed E-state index contributed by atoms with van der Waals surface area (Å²) < 4.78 is 29.3. The normalized spacial score (nSPS) is 24.5. The van der Waals surface area contributed by atoms with E-state index in [-0.39, 0.29) is 6.04 Å². The van der Waals surface area contributed by atoms with Gasteiger partial charge in [-0.3, -0.25) is 0 Å². The molecule has 1 aliphatic heterocycles. The van der Waals surface area contributed by atoms with E-state index in [4.69, 9.17) is 0 Å². The Hall–Kier alpha value is -0.170. The topological polar surface area (TPSA) is 61.4 Å². The van der Waals surface area contributed by atoms with Crippen LogP contribution >= 0.6 is 0 Å². The highest BCUT2D eigenvalue weighted by Crippen LogP contribution is 2.19. The molecule has 0 aromatic carbocycles. The second kappa shape index (κ2) is 8.32. The van der Waals surface area contributed by atoms with Crippen molar-refractivity contribution in [1.82, 2.24) is 14.3 Å². The summed E-state index contributed by atoms with van der Waals surface area (Å²) in [5, 5.41) is 3.32. The van der Waals surface area contributed by atoms with Gasteiger partial charge in [-0.05, 0) is 44.7 Å². The molecule has 0 aromatic heterocycles. The molecule has 120 valence electrons. The molecule has 1 aliphatic rings. The van der Waals surface area contributed by atoms with Crippen LogP contribution in [0.5, 0.6) is 0 Å². The predicted octanol–water partition coefficient (Wildman–Crippen LogP) is 1.58. The van der Waals surface area contributed by atoms with E-state index in [0.29, 0.717) is 24.9 Å². The molecule has 0 saturated carbocycles. The van der Waals surface area contributed by atoms with Crippen molar-refractivity contribution in [2.75, 3.05) is 26.2 Å². The van der Waals surface area contributed by atoms with E-state index in [1.807, 2.05) is 6.92 Å². The minimum absolute atomic E-state index is 0.0147. The Morgan fingerprint density at radius 3 is 2.60 bits per heavy atom. The number of rotatable bonds is 8. The average Bonchev–Trinajstić information content (AvgIpc) is 2.44. The zero-order valence-electron chi connectivity index (χ0n) is 13.4. The van der Waals surface area contributed by atoms with Crippen molar-refractivity contribution in [3.63, 3.8) is 0 Å². The molecule has 1 saturated heterocycles. The highest BCUT2D eigenvalue weighted by Gasteiger charge is 2.30. The summed E-state index contributed by atoms with van der Waals surface area (Å²) >= 11 is 0. The van der Waals surface area contributed by atoms with Crippen molar-refractivity contribution < 1.29 is 8.42 Å². The molecule has 0 spiro atoms. The molecule has 0 bridgehead atoms. The Morgan fingerprint density at radius 1 is 1.30 bits per heavy atom. The van der Waals surface area contributed by atoms with E-state index in [1.54, 1.807) is 4.31 Å². The maximum absolute atomic E-state index is 12.4. The SMILES string of the molecule is CCNCC1CCCN(S(=O)(=O)NC(C)C(C)CC)C1. The summed E-state index contributed by atoms with van der Waals surface area (Å²) in [6, 6.07) is -0.0147. The summed E-state index contributed by atoms with van der Waals surface area (Å²) in [5.74, 6) is 0.784. The van der Waals surface area contributed by atoms with Gasteiger partial charge in [-0.1, -0.05) is 27.2 Å². The van der Waals surface area contributed by atoms with E-state index >= 15 is 0 Å².